The minimum Gasteiger partial charge on any atom is -0.396 e. The number of aromatic nitrogens is 3. The fraction of sp³-hybridized carbons (Fsp3) is 0.333. The van der Waals surface area contributed by atoms with E-state index in [2.05, 4.69) is 10.3 Å². The van der Waals surface area contributed by atoms with Crippen LogP contribution in [0.2, 0.25) is 0 Å². The zero-order chi connectivity index (χ0) is 12.3. The van der Waals surface area contributed by atoms with Crippen molar-refractivity contribution in [2.45, 2.75) is 12.3 Å². The summed E-state index contributed by atoms with van der Waals surface area (Å²) in [6, 6.07) is 6.48. The molecule has 17 heavy (non-hydrogen) atoms. The van der Waals surface area contributed by atoms with Crippen LogP contribution in [0.4, 0.5) is 4.39 Å². The van der Waals surface area contributed by atoms with E-state index >= 15 is 0 Å². The molecular formula is C12H14FN3O. The zero-order valence-corrected chi connectivity index (χ0v) is 9.55. The van der Waals surface area contributed by atoms with Gasteiger partial charge in [0, 0.05) is 25.6 Å². The summed E-state index contributed by atoms with van der Waals surface area (Å²) in [5.41, 5.74) is 1.26. The van der Waals surface area contributed by atoms with Crippen molar-refractivity contribution in [2.24, 2.45) is 7.05 Å². The van der Waals surface area contributed by atoms with Gasteiger partial charge in [-0.15, -0.1) is 5.10 Å². The van der Waals surface area contributed by atoms with Crippen LogP contribution < -0.4 is 0 Å². The first-order valence-corrected chi connectivity index (χ1v) is 5.41. The van der Waals surface area contributed by atoms with Gasteiger partial charge in [0.05, 0.1) is 12.3 Å². The molecule has 1 N–H and O–H groups in total. The molecule has 2 aromatic rings. The molecule has 1 unspecified atom stereocenters. The zero-order valence-electron chi connectivity index (χ0n) is 9.55. The van der Waals surface area contributed by atoms with Crippen LogP contribution in [0.25, 0.3) is 0 Å². The Morgan fingerprint density at radius 1 is 1.41 bits per heavy atom. The fourth-order valence-corrected chi connectivity index (χ4v) is 1.82. The molecule has 1 aromatic heterocycles. The maximum atomic E-state index is 13.6. The van der Waals surface area contributed by atoms with Gasteiger partial charge in [-0.25, -0.2) is 4.39 Å². The lowest BCUT2D eigenvalue weighted by atomic mass is 9.95. The number of benzene rings is 1. The van der Waals surface area contributed by atoms with E-state index in [0.717, 1.165) is 5.69 Å². The third-order valence-electron chi connectivity index (χ3n) is 2.67. The highest BCUT2D eigenvalue weighted by atomic mass is 19.1. The van der Waals surface area contributed by atoms with Crippen LogP contribution in [0.5, 0.6) is 0 Å². The van der Waals surface area contributed by atoms with Crippen LogP contribution in [0.1, 0.15) is 17.2 Å². The number of hydrogen-bond donors (Lipinski definition) is 1. The molecule has 0 saturated heterocycles. The standard InChI is InChI=1S/C12H14FN3O/c1-16-7-10(14-15-16)6-9(8-17)11-4-2-3-5-12(11)13/h2-5,7,9,17H,6,8H2,1H3. The molecule has 0 bridgehead atoms. The number of aliphatic hydroxyl groups is 1. The normalized spacial score (nSPS) is 12.6. The summed E-state index contributed by atoms with van der Waals surface area (Å²) in [6.07, 6.45) is 2.24. The maximum Gasteiger partial charge on any atom is 0.126 e. The summed E-state index contributed by atoms with van der Waals surface area (Å²) >= 11 is 0. The van der Waals surface area contributed by atoms with Crippen molar-refractivity contribution < 1.29 is 9.50 Å². The number of halogens is 1. The molecule has 5 heteroatoms. The van der Waals surface area contributed by atoms with E-state index < -0.39 is 0 Å². The van der Waals surface area contributed by atoms with E-state index in [1.807, 2.05) is 0 Å². The summed E-state index contributed by atoms with van der Waals surface area (Å²) < 4.78 is 15.2. The Morgan fingerprint density at radius 3 is 2.76 bits per heavy atom. The van der Waals surface area contributed by atoms with E-state index in [4.69, 9.17) is 0 Å². The van der Waals surface area contributed by atoms with Crippen molar-refractivity contribution >= 4 is 0 Å². The molecule has 90 valence electrons. The number of hydrogen-bond acceptors (Lipinski definition) is 3. The molecule has 2 rings (SSSR count). The number of nitrogens with zero attached hydrogens (tertiary/aromatic N) is 3. The first-order chi connectivity index (χ1) is 8.20. The van der Waals surface area contributed by atoms with Crippen LogP contribution in [-0.2, 0) is 13.5 Å². The summed E-state index contributed by atoms with van der Waals surface area (Å²) in [4.78, 5) is 0. The molecule has 0 amide bonds. The molecule has 0 aliphatic heterocycles. The lowest BCUT2D eigenvalue weighted by molar-refractivity contribution is 0.261. The van der Waals surface area contributed by atoms with Gasteiger partial charge in [0.1, 0.15) is 5.82 Å². The summed E-state index contributed by atoms with van der Waals surface area (Å²) in [6.45, 7) is -0.114. The Kier molecular flexibility index (Phi) is 3.49. The molecule has 0 fully saturated rings. The van der Waals surface area contributed by atoms with Gasteiger partial charge in [-0.05, 0) is 11.6 Å². The van der Waals surface area contributed by atoms with E-state index in [-0.39, 0.29) is 18.3 Å². The molecule has 0 aliphatic carbocycles. The van der Waals surface area contributed by atoms with Crippen LogP contribution >= 0.6 is 0 Å². The number of rotatable bonds is 4. The van der Waals surface area contributed by atoms with E-state index in [1.54, 1.807) is 36.1 Å². The summed E-state index contributed by atoms with van der Waals surface area (Å²) in [5.74, 6) is -0.580. The van der Waals surface area contributed by atoms with Crippen molar-refractivity contribution in [2.75, 3.05) is 6.61 Å². The molecule has 0 saturated carbocycles. The second kappa shape index (κ2) is 5.05. The van der Waals surface area contributed by atoms with Gasteiger partial charge in [-0.3, -0.25) is 4.68 Å². The Morgan fingerprint density at radius 2 is 2.18 bits per heavy atom. The van der Waals surface area contributed by atoms with Crippen molar-refractivity contribution in [3.05, 3.63) is 47.5 Å². The van der Waals surface area contributed by atoms with E-state index in [1.165, 1.54) is 6.07 Å². The van der Waals surface area contributed by atoms with E-state index in [9.17, 15) is 9.50 Å². The van der Waals surface area contributed by atoms with Crippen LogP contribution in [0.3, 0.4) is 0 Å². The van der Waals surface area contributed by atoms with Gasteiger partial charge in [0.25, 0.3) is 0 Å². The molecule has 0 aliphatic rings. The topological polar surface area (TPSA) is 50.9 Å². The maximum absolute atomic E-state index is 13.6. The third-order valence-corrected chi connectivity index (χ3v) is 2.67. The molecule has 4 nitrogen and oxygen atoms in total. The first-order valence-electron chi connectivity index (χ1n) is 5.41. The van der Waals surface area contributed by atoms with Crippen molar-refractivity contribution in [3.63, 3.8) is 0 Å². The van der Waals surface area contributed by atoms with Crippen molar-refractivity contribution in [1.29, 1.82) is 0 Å². The summed E-state index contributed by atoms with van der Waals surface area (Å²) in [5, 5.41) is 17.1. The van der Waals surface area contributed by atoms with Crippen molar-refractivity contribution in [1.82, 2.24) is 15.0 Å². The minimum atomic E-state index is -0.296. The van der Waals surface area contributed by atoms with Gasteiger partial charge < -0.3 is 5.11 Å². The average Bonchev–Trinajstić information content (AvgIpc) is 2.73. The lowest BCUT2D eigenvalue weighted by Crippen LogP contribution is -2.10. The van der Waals surface area contributed by atoms with Crippen LogP contribution in [-0.4, -0.2) is 26.7 Å². The highest BCUT2D eigenvalue weighted by Gasteiger charge is 2.16. The van der Waals surface area contributed by atoms with E-state index in [0.29, 0.717) is 12.0 Å². The lowest BCUT2D eigenvalue weighted by Gasteiger charge is -2.13. The molecular weight excluding hydrogens is 221 g/mol. The highest BCUT2D eigenvalue weighted by molar-refractivity contribution is 5.23. The highest BCUT2D eigenvalue weighted by Crippen LogP contribution is 2.22. The first kappa shape index (κ1) is 11.7. The Hall–Kier alpha value is -1.75. The molecule has 1 atom stereocenters. The Balaban J connectivity index is 2.20. The van der Waals surface area contributed by atoms with Crippen molar-refractivity contribution in [3.8, 4) is 0 Å². The van der Waals surface area contributed by atoms with Gasteiger partial charge in [-0.1, -0.05) is 23.4 Å². The predicted octanol–water partition coefficient (Wildman–Crippen LogP) is 1.27. The quantitative estimate of drug-likeness (QED) is 0.868. The third kappa shape index (κ3) is 2.68. The van der Waals surface area contributed by atoms with Crippen LogP contribution in [0.15, 0.2) is 30.5 Å². The SMILES string of the molecule is Cn1cc(CC(CO)c2ccccc2F)nn1. The second-order valence-electron chi connectivity index (χ2n) is 3.99. The smallest absolute Gasteiger partial charge is 0.126 e. The number of aliphatic hydroxyl groups excluding tert-OH is 1. The summed E-state index contributed by atoms with van der Waals surface area (Å²) in [7, 11) is 1.77. The molecule has 0 spiro atoms. The number of aryl methyl sites for hydroxylation is 1. The predicted molar refractivity (Wildman–Crippen MR) is 60.9 cm³/mol. The fourth-order valence-electron chi connectivity index (χ4n) is 1.82. The molecule has 0 radical (unpaired) electrons. The van der Waals surface area contributed by atoms with Gasteiger partial charge >= 0.3 is 0 Å². The minimum absolute atomic E-state index is 0.114. The Labute approximate surface area is 98.7 Å². The molecule has 1 heterocycles. The Bertz CT molecular complexity index is 498. The molecule has 1 aromatic carbocycles. The van der Waals surface area contributed by atoms with Gasteiger partial charge in [0.15, 0.2) is 0 Å². The van der Waals surface area contributed by atoms with Crippen LogP contribution in [0, 0.1) is 5.82 Å². The van der Waals surface area contributed by atoms with Gasteiger partial charge in [-0.2, -0.15) is 0 Å². The monoisotopic (exact) mass is 235 g/mol. The largest absolute Gasteiger partial charge is 0.396 e. The second-order valence-corrected chi connectivity index (χ2v) is 3.99. The average molecular weight is 235 g/mol. The van der Waals surface area contributed by atoms with Gasteiger partial charge in [0.2, 0.25) is 0 Å².